The minimum absolute atomic E-state index is 0.00305. The van der Waals surface area contributed by atoms with Crippen molar-refractivity contribution in [3.63, 3.8) is 0 Å². The van der Waals surface area contributed by atoms with E-state index < -0.39 is 0 Å². The first-order valence-corrected chi connectivity index (χ1v) is 9.60. The Labute approximate surface area is 162 Å². The van der Waals surface area contributed by atoms with Crippen molar-refractivity contribution in [3.8, 4) is 11.3 Å². The van der Waals surface area contributed by atoms with Gasteiger partial charge in [-0.05, 0) is 48.2 Å². The lowest BCUT2D eigenvalue weighted by Crippen LogP contribution is -2.26. The largest absolute Gasteiger partial charge is 0.337 e. The number of hydrogen-bond acceptors (Lipinski definition) is 4. The average Bonchev–Trinajstić information content (AvgIpc) is 3.11. The number of thiophene rings is 1. The number of carbonyl (C=O) groups excluding carboxylic acids is 1. The van der Waals surface area contributed by atoms with E-state index in [1.54, 1.807) is 28.6 Å². The summed E-state index contributed by atoms with van der Waals surface area (Å²) in [6, 6.07) is 15.6. The maximum Gasteiger partial charge on any atom is 0.254 e. The van der Waals surface area contributed by atoms with Crippen molar-refractivity contribution in [2.75, 3.05) is 7.05 Å². The van der Waals surface area contributed by atoms with Gasteiger partial charge in [0.05, 0.1) is 23.3 Å². The number of nitrogens with zero attached hydrogens (tertiary/aromatic N) is 3. The van der Waals surface area contributed by atoms with Crippen LogP contribution in [0.15, 0.2) is 66.3 Å². The van der Waals surface area contributed by atoms with Crippen LogP contribution in [-0.4, -0.2) is 27.8 Å². The molecule has 3 heterocycles. The number of rotatable bonds is 4. The van der Waals surface area contributed by atoms with Crippen LogP contribution in [0.2, 0.25) is 0 Å². The van der Waals surface area contributed by atoms with E-state index in [0.29, 0.717) is 12.1 Å². The van der Waals surface area contributed by atoms with Gasteiger partial charge in [-0.15, -0.1) is 11.3 Å². The molecule has 4 rings (SSSR count). The highest BCUT2D eigenvalue weighted by Crippen LogP contribution is 2.26. The van der Waals surface area contributed by atoms with Crippen LogP contribution in [0, 0.1) is 6.92 Å². The standard InChI is InChI=1S/C22H19N3OS/c1-15-9-12-27-21(15)14-25(2)22(26)18-13-20(16-7-10-23-11-8-16)24-19-6-4-3-5-17(18)19/h3-13H,14H2,1-2H3. The molecule has 0 aliphatic carbocycles. The summed E-state index contributed by atoms with van der Waals surface area (Å²) in [6.45, 7) is 2.68. The van der Waals surface area contributed by atoms with E-state index in [0.717, 1.165) is 22.2 Å². The molecule has 0 unspecified atom stereocenters. The van der Waals surface area contributed by atoms with Gasteiger partial charge in [-0.3, -0.25) is 9.78 Å². The fraction of sp³-hybridized carbons (Fsp3) is 0.136. The second kappa shape index (κ2) is 7.29. The molecule has 0 bridgehead atoms. The van der Waals surface area contributed by atoms with E-state index >= 15 is 0 Å². The molecule has 27 heavy (non-hydrogen) atoms. The summed E-state index contributed by atoms with van der Waals surface area (Å²) >= 11 is 1.68. The van der Waals surface area contributed by atoms with Crippen molar-refractivity contribution in [3.05, 3.63) is 82.3 Å². The zero-order valence-corrected chi connectivity index (χ0v) is 16.0. The van der Waals surface area contributed by atoms with E-state index in [-0.39, 0.29) is 5.91 Å². The number of pyridine rings is 2. The Balaban J connectivity index is 1.77. The molecule has 1 aromatic carbocycles. The Bertz CT molecular complexity index is 1100. The quantitative estimate of drug-likeness (QED) is 0.509. The molecule has 3 aromatic heterocycles. The number of aromatic nitrogens is 2. The van der Waals surface area contributed by atoms with Crippen LogP contribution < -0.4 is 0 Å². The summed E-state index contributed by atoms with van der Waals surface area (Å²) in [5.74, 6) is -0.00305. The molecule has 4 aromatic rings. The van der Waals surface area contributed by atoms with Gasteiger partial charge in [-0.25, -0.2) is 4.98 Å². The van der Waals surface area contributed by atoms with Crippen LogP contribution in [0.1, 0.15) is 20.8 Å². The Hall–Kier alpha value is -3.05. The molecular weight excluding hydrogens is 354 g/mol. The highest BCUT2D eigenvalue weighted by atomic mass is 32.1. The third-order valence-electron chi connectivity index (χ3n) is 4.62. The van der Waals surface area contributed by atoms with E-state index in [4.69, 9.17) is 4.98 Å². The summed E-state index contributed by atoms with van der Waals surface area (Å²) < 4.78 is 0. The summed E-state index contributed by atoms with van der Waals surface area (Å²) in [7, 11) is 1.85. The Morgan fingerprint density at radius 2 is 1.89 bits per heavy atom. The fourth-order valence-electron chi connectivity index (χ4n) is 3.08. The van der Waals surface area contributed by atoms with Crippen LogP contribution in [-0.2, 0) is 6.54 Å². The SMILES string of the molecule is Cc1ccsc1CN(C)C(=O)c1cc(-c2ccncc2)nc2ccccc12. The van der Waals surface area contributed by atoms with Crippen molar-refractivity contribution in [2.24, 2.45) is 0 Å². The molecule has 0 saturated heterocycles. The molecule has 0 spiro atoms. The van der Waals surface area contributed by atoms with Crippen molar-refractivity contribution in [1.29, 1.82) is 0 Å². The molecule has 0 atom stereocenters. The first-order chi connectivity index (χ1) is 13.1. The zero-order valence-electron chi connectivity index (χ0n) is 15.2. The lowest BCUT2D eigenvalue weighted by Gasteiger charge is -2.19. The van der Waals surface area contributed by atoms with Crippen molar-refractivity contribution >= 4 is 28.1 Å². The van der Waals surface area contributed by atoms with Crippen LogP contribution in [0.5, 0.6) is 0 Å². The number of amides is 1. The summed E-state index contributed by atoms with van der Waals surface area (Å²) in [5.41, 5.74) is 4.43. The highest BCUT2D eigenvalue weighted by Gasteiger charge is 2.18. The van der Waals surface area contributed by atoms with Gasteiger partial charge < -0.3 is 4.90 Å². The second-order valence-corrected chi connectivity index (χ2v) is 7.50. The first kappa shape index (κ1) is 17.4. The van der Waals surface area contributed by atoms with Gasteiger partial charge in [0, 0.05) is 35.3 Å². The summed E-state index contributed by atoms with van der Waals surface area (Å²) in [5, 5.41) is 2.93. The Kier molecular flexibility index (Phi) is 4.69. The topological polar surface area (TPSA) is 46.1 Å². The normalized spacial score (nSPS) is 10.9. The van der Waals surface area contributed by atoms with Gasteiger partial charge in [-0.1, -0.05) is 18.2 Å². The van der Waals surface area contributed by atoms with E-state index in [1.165, 1.54) is 10.4 Å². The van der Waals surface area contributed by atoms with E-state index in [1.807, 2.05) is 49.5 Å². The Morgan fingerprint density at radius 1 is 1.11 bits per heavy atom. The molecule has 0 radical (unpaired) electrons. The van der Waals surface area contributed by atoms with Gasteiger partial charge >= 0.3 is 0 Å². The molecule has 0 aliphatic heterocycles. The van der Waals surface area contributed by atoms with Crippen molar-refractivity contribution in [2.45, 2.75) is 13.5 Å². The minimum Gasteiger partial charge on any atom is -0.337 e. The number of benzene rings is 1. The monoisotopic (exact) mass is 373 g/mol. The van der Waals surface area contributed by atoms with Gasteiger partial charge in [0.2, 0.25) is 0 Å². The van der Waals surface area contributed by atoms with E-state index in [9.17, 15) is 4.79 Å². The van der Waals surface area contributed by atoms with Crippen molar-refractivity contribution in [1.82, 2.24) is 14.9 Å². The van der Waals surface area contributed by atoms with Crippen molar-refractivity contribution < 1.29 is 4.79 Å². The first-order valence-electron chi connectivity index (χ1n) is 8.72. The van der Waals surface area contributed by atoms with Crippen LogP contribution >= 0.6 is 11.3 Å². The molecule has 5 heteroatoms. The number of aryl methyl sites for hydroxylation is 1. The molecule has 1 amide bonds. The van der Waals surface area contributed by atoms with Crippen LogP contribution in [0.3, 0.4) is 0 Å². The third-order valence-corrected chi connectivity index (χ3v) is 5.63. The molecule has 0 N–H and O–H groups in total. The average molecular weight is 373 g/mol. The lowest BCUT2D eigenvalue weighted by atomic mass is 10.0. The second-order valence-electron chi connectivity index (χ2n) is 6.50. The zero-order chi connectivity index (χ0) is 18.8. The Morgan fingerprint density at radius 3 is 2.63 bits per heavy atom. The van der Waals surface area contributed by atoms with Gasteiger partial charge in [0.15, 0.2) is 0 Å². The number of hydrogen-bond donors (Lipinski definition) is 0. The lowest BCUT2D eigenvalue weighted by molar-refractivity contribution is 0.0788. The van der Waals surface area contributed by atoms with Crippen LogP contribution in [0.25, 0.3) is 22.2 Å². The fourth-order valence-corrected chi connectivity index (χ4v) is 4.04. The van der Waals surface area contributed by atoms with Gasteiger partial charge in [0.1, 0.15) is 0 Å². The minimum atomic E-state index is -0.00305. The molecule has 134 valence electrons. The van der Waals surface area contributed by atoms with Gasteiger partial charge in [-0.2, -0.15) is 0 Å². The highest BCUT2D eigenvalue weighted by molar-refractivity contribution is 7.10. The summed E-state index contributed by atoms with van der Waals surface area (Å²) in [4.78, 5) is 25.1. The van der Waals surface area contributed by atoms with Gasteiger partial charge in [0.25, 0.3) is 5.91 Å². The molecular formula is C22H19N3OS. The predicted octanol–water partition coefficient (Wildman–Crippen LogP) is 4.94. The maximum absolute atomic E-state index is 13.3. The maximum atomic E-state index is 13.3. The number of fused-ring (bicyclic) bond motifs is 1. The predicted molar refractivity (Wildman–Crippen MR) is 110 cm³/mol. The van der Waals surface area contributed by atoms with E-state index in [2.05, 4.69) is 23.4 Å². The summed E-state index contributed by atoms with van der Waals surface area (Å²) in [6.07, 6.45) is 3.47. The number of para-hydroxylation sites is 1. The third kappa shape index (κ3) is 3.46. The molecule has 0 saturated carbocycles. The molecule has 0 fully saturated rings. The smallest absolute Gasteiger partial charge is 0.254 e. The number of carbonyl (C=O) groups is 1. The van der Waals surface area contributed by atoms with Crippen LogP contribution in [0.4, 0.5) is 0 Å². The molecule has 4 nitrogen and oxygen atoms in total. The molecule has 0 aliphatic rings.